The molecule has 0 fully saturated rings. The quantitative estimate of drug-likeness (QED) is 0.595. The molecule has 1 aromatic carbocycles. The number of rotatable bonds is 10. The summed E-state index contributed by atoms with van der Waals surface area (Å²) in [5, 5.41) is 0. The van der Waals surface area contributed by atoms with E-state index in [0.717, 1.165) is 18.9 Å². The highest BCUT2D eigenvalue weighted by Crippen LogP contribution is 2.32. The SMILES string of the molecule is CCCN(CCC)C(=O)CCCC(=O)N(C)Cc1ccccc1C(F)(F)F. The number of carbonyl (C=O) groups is 2. The lowest BCUT2D eigenvalue weighted by molar-refractivity contribution is -0.139. The van der Waals surface area contributed by atoms with E-state index in [1.165, 1.54) is 30.1 Å². The van der Waals surface area contributed by atoms with Gasteiger partial charge in [0.25, 0.3) is 0 Å². The van der Waals surface area contributed by atoms with E-state index in [1.54, 1.807) is 4.90 Å². The van der Waals surface area contributed by atoms with Gasteiger partial charge in [-0.25, -0.2) is 0 Å². The van der Waals surface area contributed by atoms with E-state index in [2.05, 4.69) is 0 Å². The van der Waals surface area contributed by atoms with Crippen LogP contribution >= 0.6 is 0 Å². The Morgan fingerprint density at radius 3 is 2.07 bits per heavy atom. The summed E-state index contributed by atoms with van der Waals surface area (Å²) in [5.74, 6) is -0.242. The molecule has 0 aromatic heterocycles. The minimum absolute atomic E-state index is 0.0246. The molecule has 7 heteroatoms. The van der Waals surface area contributed by atoms with Gasteiger partial charge in [-0.3, -0.25) is 9.59 Å². The van der Waals surface area contributed by atoms with Gasteiger partial charge in [0.2, 0.25) is 11.8 Å². The molecular weight excluding hydrogens is 357 g/mol. The Labute approximate surface area is 159 Å². The zero-order chi connectivity index (χ0) is 20.4. The van der Waals surface area contributed by atoms with Crippen LogP contribution < -0.4 is 0 Å². The monoisotopic (exact) mass is 386 g/mol. The van der Waals surface area contributed by atoms with Crippen molar-refractivity contribution in [2.45, 2.75) is 58.7 Å². The molecule has 0 spiro atoms. The van der Waals surface area contributed by atoms with E-state index >= 15 is 0 Å². The summed E-state index contributed by atoms with van der Waals surface area (Å²) in [4.78, 5) is 27.5. The minimum Gasteiger partial charge on any atom is -0.343 e. The smallest absolute Gasteiger partial charge is 0.343 e. The molecule has 0 N–H and O–H groups in total. The van der Waals surface area contributed by atoms with E-state index in [9.17, 15) is 22.8 Å². The standard InChI is InChI=1S/C20H29F3N2O2/c1-4-13-25(14-5-2)19(27)12-8-11-18(26)24(3)15-16-9-6-7-10-17(16)20(21,22)23/h6-7,9-10H,4-5,8,11-15H2,1-3H3. The third-order valence-electron chi connectivity index (χ3n) is 4.28. The van der Waals surface area contributed by atoms with Crippen molar-refractivity contribution in [1.29, 1.82) is 0 Å². The van der Waals surface area contributed by atoms with Crippen LogP contribution in [0.15, 0.2) is 24.3 Å². The number of nitrogens with zero attached hydrogens (tertiary/aromatic N) is 2. The van der Waals surface area contributed by atoms with Gasteiger partial charge >= 0.3 is 6.18 Å². The molecule has 0 heterocycles. The molecule has 1 rings (SSSR count). The highest BCUT2D eigenvalue weighted by Gasteiger charge is 2.33. The molecule has 0 atom stereocenters. The van der Waals surface area contributed by atoms with E-state index in [-0.39, 0.29) is 36.8 Å². The van der Waals surface area contributed by atoms with Crippen molar-refractivity contribution in [3.8, 4) is 0 Å². The first kappa shape index (κ1) is 23.0. The zero-order valence-corrected chi connectivity index (χ0v) is 16.3. The first-order valence-electron chi connectivity index (χ1n) is 9.37. The average molecular weight is 386 g/mol. The first-order valence-corrected chi connectivity index (χ1v) is 9.37. The molecule has 27 heavy (non-hydrogen) atoms. The van der Waals surface area contributed by atoms with Gasteiger partial charge in [-0.1, -0.05) is 32.0 Å². The number of amides is 2. The van der Waals surface area contributed by atoms with Crippen LogP contribution in [0.2, 0.25) is 0 Å². The van der Waals surface area contributed by atoms with E-state index < -0.39 is 11.7 Å². The molecule has 0 radical (unpaired) electrons. The molecule has 0 aliphatic rings. The van der Waals surface area contributed by atoms with Crippen molar-refractivity contribution in [2.24, 2.45) is 0 Å². The lowest BCUT2D eigenvalue weighted by atomic mass is 10.1. The lowest BCUT2D eigenvalue weighted by Crippen LogP contribution is -2.32. The van der Waals surface area contributed by atoms with E-state index in [4.69, 9.17) is 0 Å². The summed E-state index contributed by atoms with van der Waals surface area (Å²) < 4.78 is 39.1. The fourth-order valence-corrected chi connectivity index (χ4v) is 2.92. The van der Waals surface area contributed by atoms with Gasteiger partial charge in [-0.15, -0.1) is 0 Å². The van der Waals surface area contributed by atoms with Gasteiger partial charge < -0.3 is 9.80 Å². The van der Waals surface area contributed by atoms with Gasteiger partial charge in [-0.05, 0) is 30.9 Å². The van der Waals surface area contributed by atoms with Crippen LogP contribution in [-0.4, -0.2) is 41.8 Å². The maximum Gasteiger partial charge on any atom is 0.416 e. The number of halogens is 3. The van der Waals surface area contributed by atoms with Crippen LogP contribution in [-0.2, 0) is 22.3 Å². The molecule has 0 aliphatic carbocycles. The summed E-state index contributed by atoms with van der Waals surface area (Å²) >= 11 is 0. The second-order valence-corrected chi connectivity index (χ2v) is 6.64. The van der Waals surface area contributed by atoms with Crippen LogP contribution in [0.1, 0.15) is 57.1 Å². The molecule has 0 bridgehead atoms. The normalized spacial score (nSPS) is 11.3. The van der Waals surface area contributed by atoms with E-state index in [1.807, 2.05) is 13.8 Å². The maximum absolute atomic E-state index is 13.0. The molecule has 4 nitrogen and oxygen atoms in total. The molecule has 0 saturated heterocycles. The van der Waals surface area contributed by atoms with Crippen LogP contribution in [0.4, 0.5) is 13.2 Å². The summed E-state index contributed by atoms with van der Waals surface area (Å²) in [6, 6.07) is 5.25. The molecule has 0 unspecified atom stereocenters. The van der Waals surface area contributed by atoms with Gasteiger partial charge in [-0.2, -0.15) is 13.2 Å². The average Bonchev–Trinajstić information content (AvgIpc) is 2.60. The van der Waals surface area contributed by atoms with Gasteiger partial charge in [0, 0.05) is 39.5 Å². The fraction of sp³-hybridized carbons (Fsp3) is 0.600. The Morgan fingerprint density at radius 2 is 1.52 bits per heavy atom. The second kappa shape index (κ2) is 10.9. The first-order chi connectivity index (χ1) is 12.7. The summed E-state index contributed by atoms with van der Waals surface area (Å²) in [7, 11) is 1.48. The number of alkyl halides is 3. The van der Waals surface area contributed by atoms with Gasteiger partial charge in [0.05, 0.1) is 5.56 Å². The molecule has 2 amide bonds. The lowest BCUT2D eigenvalue weighted by Gasteiger charge is -2.22. The van der Waals surface area contributed by atoms with E-state index in [0.29, 0.717) is 19.5 Å². The number of benzene rings is 1. The predicted molar refractivity (Wildman–Crippen MR) is 98.9 cm³/mol. The molecule has 0 aliphatic heterocycles. The molecule has 0 saturated carbocycles. The third-order valence-corrected chi connectivity index (χ3v) is 4.28. The number of hydrogen-bond acceptors (Lipinski definition) is 2. The Morgan fingerprint density at radius 1 is 0.963 bits per heavy atom. The minimum atomic E-state index is -4.45. The number of hydrogen-bond donors (Lipinski definition) is 0. The van der Waals surface area contributed by atoms with Crippen LogP contribution in [0.5, 0.6) is 0 Å². The molecule has 1 aromatic rings. The van der Waals surface area contributed by atoms with Gasteiger partial charge in [0.1, 0.15) is 0 Å². The van der Waals surface area contributed by atoms with Crippen molar-refractivity contribution in [3.05, 3.63) is 35.4 Å². The Kier molecular flexibility index (Phi) is 9.32. The highest BCUT2D eigenvalue weighted by molar-refractivity contribution is 5.79. The zero-order valence-electron chi connectivity index (χ0n) is 16.3. The van der Waals surface area contributed by atoms with Crippen molar-refractivity contribution in [2.75, 3.05) is 20.1 Å². The third kappa shape index (κ3) is 7.61. The van der Waals surface area contributed by atoms with Crippen LogP contribution in [0.3, 0.4) is 0 Å². The largest absolute Gasteiger partial charge is 0.416 e. The topological polar surface area (TPSA) is 40.6 Å². The summed E-state index contributed by atoms with van der Waals surface area (Å²) in [6.45, 7) is 5.31. The summed E-state index contributed by atoms with van der Waals surface area (Å²) in [6.07, 6.45) is -1.87. The van der Waals surface area contributed by atoms with Crippen LogP contribution in [0, 0.1) is 0 Å². The Balaban J connectivity index is 2.55. The second-order valence-electron chi connectivity index (χ2n) is 6.64. The van der Waals surface area contributed by atoms with Crippen LogP contribution in [0.25, 0.3) is 0 Å². The highest BCUT2D eigenvalue weighted by atomic mass is 19.4. The fourth-order valence-electron chi connectivity index (χ4n) is 2.92. The number of carbonyl (C=O) groups excluding carboxylic acids is 2. The van der Waals surface area contributed by atoms with Crippen molar-refractivity contribution in [1.82, 2.24) is 9.80 Å². The Hall–Kier alpha value is -2.05. The molecule has 152 valence electrons. The maximum atomic E-state index is 13.0. The van der Waals surface area contributed by atoms with Crippen molar-refractivity contribution in [3.63, 3.8) is 0 Å². The van der Waals surface area contributed by atoms with Gasteiger partial charge in [0.15, 0.2) is 0 Å². The predicted octanol–water partition coefficient (Wildman–Crippen LogP) is 4.48. The Bertz CT molecular complexity index is 611. The van der Waals surface area contributed by atoms with Crippen molar-refractivity contribution >= 4 is 11.8 Å². The molecular formula is C20H29F3N2O2. The summed E-state index contributed by atoms with van der Waals surface area (Å²) in [5.41, 5.74) is -0.663. The van der Waals surface area contributed by atoms with Crippen molar-refractivity contribution < 1.29 is 22.8 Å².